The maximum Gasteiger partial charge on any atom is 0.273 e. The van der Waals surface area contributed by atoms with Crippen LogP contribution in [0.3, 0.4) is 0 Å². The third-order valence-corrected chi connectivity index (χ3v) is 7.98. The Labute approximate surface area is 267 Å². The van der Waals surface area contributed by atoms with E-state index in [0.29, 0.717) is 25.2 Å². The van der Waals surface area contributed by atoms with E-state index in [4.69, 9.17) is 4.42 Å². The van der Waals surface area contributed by atoms with Gasteiger partial charge in [-0.05, 0) is 30.7 Å². The van der Waals surface area contributed by atoms with Gasteiger partial charge in [0.25, 0.3) is 11.8 Å². The first kappa shape index (κ1) is 32.1. The van der Waals surface area contributed by atoms with Crippen molar-refractivity contribution in [2.24, 2.45) is 13.0 Å². The maximum absolute atomic E-state index is 13.9. The molecule has 0 saturated heterocycles. The van der Waals surface area contributed by atoms with Crippen molar-refractivity contribution < 1.29 is 23.6 Å². The number of amides is 4. The molecule has 3 heterocycles. The van der Waals surface area contributed by atoms with Crippen LogP contribution in [-0.2, 0) is 23.1 Å². The first-order valence-electron chi connectivity index (χ1n) is 15.5. The predicted molar refractivity (Wildman–Crippen MR) is 170 cm³/mol. The third kappa shape index (κ3) is 7.68. The molecule has 0 fully saturated rings. The normalized spacial score (nSPS) is 19.7. The van der Waals surface area contributed by atoms with Crippen molar-refractivity contribution in [3.05, 3.63) is 96.0 Å². The van der Waals surface area contributed by atoms with Gasteiger partial charge in [-0.15, -0.1) is 0 Å². The van der Waals surface area contributed by atoms with Gasteiger partial charge in [-0.25, -0.2) is 9.97 Å². The number of imidazole rings is 1. The fraction of sp³-hybridized carbons (Fsp3) is 0.353. The van der Waals surface area contributed by atoms with Crippen molar-refractivity contribution in [3.8, 4) is 11.4 Å². The van der Waals surface area contributed by atoms with E-state index in [9.17, 15) is 19.2 Å². The summed E-state index contributed by atoms with van der Waals surface area (Å²) in [7, 11) is 1.74. The minimum absolute atomic E-state index is 0.118. The molecular weight excluding hydrogens is 586 g/mol. The monoisotopic (exact) mass is 625 g/mol. The van der Waals surface area contributed by atoms with Crippen LogP contribution < -0.4 is 21.3 Å². The van der Waals surface area contributed by atoms with E-state index >= 15 is 0 Å². The smallest absolute Gasteiger partial charge is 0.273 e. The minimum Gasteiger partial charge on any atom is -0.446 e. The summed E-state index contributed by atoms with van der Waals surface area (Å²) in [5.41, 5.74) is 2.10. The highest BCUT2D eigenvalue weighted by Crippen LogP contribution is 2.22. The first-order chi connectivity index (χ1) is 22.2. The van der Waals surface area contributed by atoms with Gasteiger partial charge in [-0.3, -0.25) is 19.2 Å². The van der Waals surface area contributed by atoms with Crippen LogP contribution in [0.15, 0.2) is 77.5 Å². The van der Waals surface area contributed by atoms with Gasteiger partial charge in [-0.2, -0.15) is 0 Å². The zero-order valence-corrected chi connectivity index (χ0v) is 26.2. The fourth-order valence-electron chi connectivity index (χ4n) is 5.38. The Balaban J connectivity index is 1.42. The number of oxazole rings is 1. The van der Waals surface area contributed by atoms with Gasteiger partial charge >= 0.3 is 0 Å². The molecule has 3 atom stereocenters. The second-order valence-corrected chi connectivity index (χ2v) is 11.7. The Morgan fingerprint density at radius 3 is 2.43 bits per heavy atom. The molecule has 2 bridgehead atoms. The number of aromatic nitrogens is 3. The summed E-state index contributed by atoms with van der Waals surface area (Å²) in [5, 5.41) is 11.6. The number of carbonyl (C=O) groups excluding carboxylic acids is 4. The van der Waals surface area contributed by atoms with E-state index < -0.39 is 41.8 Å². The average molecular weight is 626 g/mol. The lowest BCUT2D eigenvalue weighted by Gasteiger charge is -2.26. The molecule has 1 aliphatic heterocycles. The standard InChI is InChI=1S/C34H39N7O5/c1-21(2)28-34-39-26(20-46-34)30(42)35-17-11-10-16-24(31(43)38-25(32(44)40-28)18-22-12-6-4-7-13-22)37-33(45)27-19-36-29(41(27)3)23-14-8-5-9-15-23/h4-9,12-15,19-21,24-25,28H,10-11,16-18H2,1-3H3,(H,35,42)(H,37,45)(H,38,43)(H,40,44)/t24-,25-,28-/m0/s1. The van der Waals surface area contributed by atoms with E-state index in [0.717, 1.165) is 11.1 Å². The van der Waals surface area contributed by atoms with Crippen LogP contribution in [0.1, 0.15) is 71.6 Å². The summed E-state index contributed by atoms with van der Waals surface area (Å²) in [6.07, 6.45) is 4.30. The number of carbonyl (C=O) groups is 4. The minimum atomic E-state index is -0.970. The highest BCUT2D eigenvalue weighted by atomic mass is 16.3. The Bertz CT molecular complexity index is 1670. The molecule has 0 aliphatic carbocycles. The molecule has 4 N–H and O–H groups in total. The zero-order valence-electron chi connectivity index (χ0n) is 26.2. The second kappa shape index (κ2) is 14.7. The van der Waals surface area contributed by atoms with Gasteiger partial charge in [0.1, 0.15) is 35.9 Å². The Kier molecular flexibility index (Phi) is 10.3. The number of fused-ring (bicyclic) bond motifs is 2. The van der Waals surface area contributed by atoms with Crippen LogP contribution in [0.5, 0.6) is 0 Å². The Morgan fingerprint density at radius 1 is 1.00 bits per heavy atom. The van der Waals surface area contributed by atoms with E-state index in [1.165, 1.54) is 12.5 Å². The van der Waals surface area contributed by atoms with Crippen LogP contribution in [0, 0.1) is 5.92 Å². The lowest BCUT2D eigenvalue weighted by Crippen LogP contribution is -2.55. The quantitative estimate of drug-likeness (QED) is 0.256. The lowest BCUT2D eigenvalue weighted by molar-refractivity contribution is -0.130. The molecule has 46 heavy (non-hydrogen) atoms. The number of hydrogen-bond donors (Lipinski definition) is 4. The summed E-state index contributed by atoms with van der Waals surface area (Å²) in [5.74, 6) is -1.14. The topological polar surface area (TPSA) is 160 Å². The number of rotatable bonds is 6. The van der Waals surface area contributed by atoms with Crippen molar-refractivity contribution >= 4 is 23.6 Å². The summed E-state index contributed by atoms with van der Waals surface area (Å²) in [4.78, 5) is 62.7. The van der Waals surface area contributed by atoms with Crippen molar-refractivity contribution in [3.63, 3.8) is 0 Å². The third-order valence-electron chi connectivity index (χ3n) is 7.98. The number of nitrogens with zero attached hydrogens (tertiary/aromatic N) is 3. The van der Waals surface area contributed by atoms with Gasteiger partial charge < -0.3 is 30.3 Å². The largest absolute Gasteiger partial charge is 0.446 e. The number of benzene rings is 2. The summed E-state index contributed by atoms with van der Waals surface area (Å²) >= 11 is 0. The van der Waals surface area contributed by atoms with Crippen molar-refractivity contribution in [1.82, 2.24) is 35.8 Å². The molecule has 240 valence electrons. The van der Waals surface area contributed by atoms with Gasteiger partial charge in [-0.1, -0.05) is 74.5 Å². The summed E-state index contributed by atoms with van der Waals surface area (Å²) in [6, 6.07) is 16.3. The van der Waals surface area contributed by atoms with Crippen LogP contribution >= 0.6 is 0 Å². The fourth-order valence-corrected chi connectivity index (χ4v) is 5.38. The van der Waals surface area contributed by atoms with Crippen LogP contribution in [0.25, 0.3) is 11.4 Å². The van der Waals surface area contributed by atoms with Gasteiger partial charge in [0, 0.05) is 25.6 Å². The zero-order chi connectivity index (χ0) is 32.6. The highest BCUT2D eigenvalue weighted by molar-refractivity contribution is 5.98. The molecule has 2 aromatic carbocycles. The van der Waals surface area contributed by atoms with Gasteiger partial charge in [0.2, 0.25) is 17.7 Å². The molecule has 0 unspecified atom stereocenters. The van der Waals surface area contributed by atoms with Gasteiger partial charge in [0.05, 0.1) is 6.20 Å². The molecule has 4 amide bonds. The molecule has 12 heteroatoms. The number of nitrogens with one attached hydrogen (secondary N) is 4. The first-order valence-corrected chi connectivity index (χ1v) is 15.5. The summed E-state index contributed by atoms with van der Waals surface area (Å²) in [6.45, 7) is 4.13. The molecule has 12 nitrogen and oxygen atoms in total. The van der Waals surface area contributed by atoms with Crippen molar-refractivity contribution in [2.75, 3.05) is 6.54 Å². The second-order valence-electron chi connectivity index (χ2n) is 11.7. The molecule has 1 aliphatic rings. The van der Waals surface area contributed by atoms with Crippen molar-refractivity contribution in [2.45, 2.75) is 57.7 Å². The van der Waals surface area contributed by atoms with Crippen LogP contribution in [-0.4, -0.2) is 56.8 Å². The van der Waals surface area contributed by atoms with E-state index in [-0.39, 0.29) is 36.0 Å². The Morgan fingerprint density at radius 2 is 1.72 bits per heavy atom. The molecule has 2 aromatic heterocycles. The predicted octanol–water partition coefficient (Wildman–Crippen LogP) is 3.33. The molecule has 4 aromatic rings. The SMILES string of the molecule is CC(C)[C@@H]1NC(=O)[C@H](Cc2ccccc2)NC(=O)[C@@H](NC(=O)c2cnc(-c3ccccc3)n2C)CCCCNC(=O)c2coc1n2. The average Bonchev–Trinajstić information content (AvgIpc) is 3.70. The lowest BCUT2D eigenvalue weighted by atomic mass is 10.0. The highest BCUT2D eigenvalue weighted by Gasteiger charge is 2.32. The molecule has 0 radical (unpaired) electrons. The number of hydrogen-bond acceptors (Lipinski definition) is 7. The maximum atomic E-state index is 13.9. The molecular formula is C34H39N7O5. The van der Waals surface area contributed by atoms with E-state index in [1.807, 2.05) is 74.5 Å². The van der Waals surface area contributed by atoms with E-state index in [2.05, 4.69) is 31.2 Å². The van der Waals surface area contributed by atoms with Crippen molar-refractivity contribution in [1.29, 1.82) is 0 Å². The molecule has 0 saturated carbocycles. The molecule has 5 rings (SSSR count). The van der Waals surface area contributed by atoms with E-state index in [1.54, 1.807) is 11.6 Å². The van der Waals surface area contributed by atoms with Crippen LogP contribution in [0.4, 0.5) is 0 Å². The van der Waals surface area contributed by atoms with Gasteiger partial charge in [0.15, 0.2) is 5.69 Å². The Hall–Kier alpha value is -5.26. The molecule has 0 spiro atoms. The van der Waals surface area contributed by atoms with Crippen LogP contribution in [0.2, 0.25) is 0 Å². The summed E-state index contributed by atoms with van der Waals surface area (Å²) < 4.78 is 7.30.